The average Bonchev–Trinajstić information content (AvgIpc) is 2.63. The summed E-state index contributed by atoms with van der Waals surface area (Å²) in [5.41, 5.74) is 4.04. The first-order valence-corrected chi connectivity index (χ1v) is 8.57. The minimum absolute atomic E-state index is 0.221. The van der Waals surface area contributed by atoms with Crippen molar-refractivity contribution in [3.8, 4) is 11.5 Å². The second kappa shape index (κ2) is 10.3. The molecule has 1 amide bonds. The first-order valence-electron chi connectivity index (χ1n) is 8.19. The summed E-state index contributed by atoms with van der Waals surface area (Å²) in [6.07, 6.45) is 3.37. The van der Waals surface area contributed by atoms with Gasteiger partial charge in [-0.2, -0.15) is 5.10 Å². The molecule has 6 heteroatoms. The molecular weight excluding hydrogens is 352 g/mol. The SMILES string of the molecule is C=CCOc1ccc(Cl)cc1/C=N\NC(=O)Cc1ccc(OCC)cc1. The van der Waals surface area contributed by atoms with Crippen LogP contribution in [-0.4, -0.2) is 25.3 Å². The zero-order chi connectivity index (χ0) is 18.8. The summed E-state index contributed by atoms with van der Waals surface area (Å²) < 4.78 is 10.9. The van der Waals surface area contributed by atoms with Gasteiger partial charge in [-0.15, -0.1) is 0 Å². The molecule has 0 atom stereocenters. The lowest BCUT2D eigenvalue weighted by atomic mass is 10.1. The van der Waals surface area contributed by atoms with Gasteiger partial charge in [-0.05, 0) is 42.8 Å². The van der Waals surface area contributed by atoms with Gasteiger partial charge in [0.15, 0.2) is 0 Å². The van der Waals surface area contributed by atoms with Gasteiger partial charge in [0.2, 0.25) is 5.91 Å². The molecule has 0 heterocycles. The molecule has 1 N–H and O–H groups in total. The Morgan fingerprint density at radius 3 is 2.69 bits per heavy atom. The molecule has 0 aromatic heterocycles. The van der Waals surface area contributed by atoms with Crippen molar-refractivity contribution < 1.29 is 14.3 Å². The van der Waals surface area contributed by atoms with Gasteiger partial charge in [-0.25, -0.2) is 5.43 Å². The molecule has 5 nitrogen and oxygen atoms in total. The van der Waals surface area contributed by atoms with Crippen LogP contribution in [0.3, 0.4) is 0 Å². The highest BCUT2D eigenvalue weighted by atomic mass is 35.5. The minimum atomic E-state index is -0.221. The van der Waals surface area contributed by atoms with E-state index in [0.717, 1.165) is 11.3 Å². The fourth-order valence-corrected chi connectivity index (χ4v) is 2.35. The van der Waals surface area contributed by atoms with Gasteiger partial charge >= 0.3 is 0 Å². The van der Waals surface area contributed by atoms with Gasteiger partial charge in [0.25, 0.3) is 0 Å². The van der Waals surface area contributed by atoms with Crippen LogP contribution >= 0.6 is 11.6 Å². The number of benzene rings is 2. The maximum absolute atomic E-state index is 12.0. The second-order valence-corrected chi connectivity index (χ2v) is 5.77. The highest BCUT2D eigenvalue weighted by Gasteiger charge is 2.05. The Labute approximate surface area is 158 Å². The van der Waals surface area contributed by atoms with Crippen LogP contribution in [0.25, 0.3) is 0 Å². The fourth-order valence-electron chi connectivity index (χ4n) is 2.17. The van der Waals surface area contributed by atoms with Gasteiger partial charge in [-0.1, -0.05) is 36.4 Å². The summed E-state index contributed by atoms with van der Waals surface area (Å²) in [5.74, 6) is 1.17. The fraction of sp³-hybridized carbons (Fsp3) is 0.200. The molecule has 0 fully saturated rings. The number of ether oxygens (including phenoxy) is 2. The van der Waals surface area contributed by atoms with Crippen LogP contribution in [0.15, 0.2) is 60.2 Å². The van der Waals surface area contributed by atoms with Gasteiger partial charge in [0.1, 0.15) is 18.1 Å². The van der Waals surface area contributed by atoms with Crippen molar-refractivity contribution in [1.82, 2.24) is 5.43 Å². The van der Waals surface area contributed by atoms with E-state index in [4.69, 9.17) is 21.1 Å². The zero-order valence-electron chi connectivity index (χ0n) is 14.6. The third kappa shape index (κ3) is 6.26. The Morgan fingerprint density at radius 1 is 1.23 bits per heavy atom. The molecule has 136 valence electrons. The van der Waals surface area contributed by atoms with E-state index in [0.29, 0.717) is 29.5 Å². The number of hydrazone groups is 1. The van der Waals surface area contributed by atoms with Crippen molar-refractivity contribution in [1.29, 1.82) is 0 Å². The number of halogens is 1. The van der Waals surface area contributed by atoms with E-state index in [1.54, 1.807) is 24.3 Å². The van der Waals surface area contributed by atoms with Crippen molar-refractivity contribution >= 4 is 23.7 Å². The van der Waals surface area contributed by atoms with E-state index < -0.39 is 0 Å². The zero-order valence-corrected chi connectivity index (χ0v) is 15.3. The normalized spacial score (nSPS) is 10.5. The maximum Gasteiger partial charge on any atom is 0.244 e. The molecule has 0 bridgehead atoms. The van der Waals surface area contributed by atoms with E-state index in [9.17, 15) is 4.79 Å². The van der Waals surface area contributed by atoms with Crippen LogP contribution in [0.4, 0.5) is 0 Å². The Hall–Kier alpha value is -2.79. The first kappa shape index (κ1) is 19.5. The van der Waals surface area contributed by atoms with Crippen molar-refractivity contribution in [2.75, 3.05) is 13.2 Å². The highest BCUT2D eigenvalue weighted by molar-refractivity contribution is 6.30. The van der Waals surface area contributed by atoms with Crippen molar-refractivity contribution in [3.05, 3.63) is 71.3 Å². The molecule has 2 rings (SSSR count). The molecule has 0 aliphatic rings. The predicted octanol–water partition coefficient (Wildman–Crippen LogP) is 4.00. The number of hydrogen-bond donors (Lipinski definition) is 1. The smallest absolute Gasteiger partial charge is 0.244 e. The molecule has 26 heavy (non-hydrogen) atoms. The van der Waals surface area contributed by atoms with Gasteiger partial charge < -0.3 is 9.47 Å². The third-order valence-corrected chi connectivity index (χ3v) is 3.56. The van der Waals surface area contributed by atoms with Gasteiger partial charge in [0, 0.05) is 10.6 Å². The van der Waals surface area contributed by atoms with E-state index in [1.165, 1.54) is 6.21 Å². The third-order valence-electron chi connectivity index (χ3n) is 3.32. The molecule has 0 aliphatic carbocycles. The van der Waals surface area contributed by atoms with Crippen LogP contribution in [0, 0.1) is 0 Å². The summed E-state index contributed by atoms with van der Waals surface area (Å²) in [6, 6.07) is 12.6. The van der Waals surface area contributed by atoms with Crippen LogP contribution in [-0.2, 0) is 11.2 Å². The minimum Gasteiger partial charge on any atom is -0.494 e. The van der Waals surface area contributed by atoms with Crippen LogP contribution < -0.4 is 14.9 Å². The number of carbonyl (C=O) groups excluding carboxylic acids is 1. The average molecular weight is 373 g/mol. The number of carbonyl (C=O) groups is 1. The van der Waals surface area contributed by atoms with Gasteiger partial charge in [0.05, 0.1) is 19.2 Å². The van der Waals surface area contributed by atoms with E-state index >= 15 is 0 Å². The summed E-state index contributed by atoms with van der Waals surface area (Å²) in [5, 5.41) is 4.53. The summed E-state index contributed by atoms with van der Waals surface area (Å²) in [4.78, 5) is 12.0. The summed E-state index contributed by atoms with van der Waals surface area (Å²) in [6.45, 7) is 6.51. The first-order chi connectivity index (χ1) is 12.6. The van der Waals surface area contributed by atoms with Gasteiger partial charge in [-0.3, -0.25) is 4.79 Å². The van der Waals surface area contributed by atoms with Crippen molar-refractivity contribution in [2.24, 2.45) is 5.10 Å². The second-order valence-electron chi connectivity index (χ2n) is 5.33. The molecule has 0 aliphatic heterocycles. The Balaban J connectivity index is 1.94. The quantitative estimate of drug-likeness (QED) is 0.411. The van der Waals surface area contributed by atoms with E-state index in [2.05, 4.69) is 17.1 Å². The lowest BCUT2D eigenvalue weighted by molar-refractivity contribution is -0.120. The molecular formula is C20H21ClN2O3. The standard InChI is InChI=1S/C20H21ClN2O3/c1-3-11-26-19-10-7-17(21)13-16(19)14-22-23-20(24)12-15-5-8-18(9-6-15)25-4-2/h3,5-10,13-14H,1,4,11-12H2,2H3,(H,23,24)/b22-14-. The maximum atomic E-state index is 12.0. The van der Waals surface area contributed by atoms with Crippen LogP contribution in [0.2, 0.25) is 5.02 Å². The van der Waals surface area contributed by atoms with Crippen LogP contribution in [0.5, 0.6) is 11.5 Å². The molecule has 0 radical (unpaired) electrons. The number of nitrogens with zero attached hydrogens (tertiary/aromatic N) is 1. The number of rotatable bonds is 9. The molecule has 0 spiro atoms. The molecule has 0 unspecified atom stereocenters. The van der Waals surface area contributed by atoms with Crippen molar-refractivity contribution in [2.45, 2.75) is 13.3 Å². The van der Waals surface area contributed by atoms with E-state index in [-0.39, 0.29) is 12.3 Å². The molecule has 2 aromatic rings. The lowest BCUT2D eigenvalue weighted by Gasteiger charge is -2.07. The molecule has 0 saturated heterocycles. The Kier molecular flexibility index (Phi) is 7.71. The molecule has 0 saturated carbocycles. The number of nitrogens with one attached hydrogen (secondary N) is 1. The highest BCUT2D eigenvalue weighted by Crippen LogP contribution is 2.21. The monoisotopic (exact) mass is 372 g/mol. The van der Waals surface area contributed by atoms with E-state index in [1.807, 2.05) is 31.2 Å². The number of hydrogen-bond acceptors (Lipinski definition) is 4. The summed E-state index contributed by atoms with van der Waals surface area (Å²) in [7, 11) is 0. The Morgan fingerprint density at radius 2 is 2.00 bits per heavy atom. The Bertz CT molecular complexity index is 773. The number of amides is 1. The largest absolute Gasteiger partial charge is 0.494 e. The molecule has 2 aromatic carbocycles. The lowest BCUT2D eigenvalue weighted by Crippen LogP contribution is -2.19. The summed E-state index contributed by atoms with van der Waals surface area (Å²) >= 11 is 6.00. The van der Waals surface area contributed by atoms with Crippen LogP contribution in [0.1, 0.15) is 18.1 Å². The topological polar surface area (TPSA) is 59.9 Å². The predicted molar refractivity (Wildman–Crippen MR) is 104 cm³/mol. The van der Waals surface area contributed by atoms with Crippen molar-refractivity contribution in [3.63, 3.8) is 0 Å².